The highest BCUT2D eigenvalue weighted by molar-refractivity contribution is 9.11. The third-order valence-corrected chi connectivity index (χ3v) is 3.10. The molecule has 0 spiro atoms. The van der Waals surface area contributed by atoms with E-state index in [0.29, 0.717) is 18.7 Å². The maximum absolute atomic E-state index is 11.9. The summed E-state index contributed by atoms with van der Waals surface area (Å²) in [5.74, 6) is -0.0680. The third-order valence-electron chi connectivity index (χ3n) is 2.18. The monoisotopic (exact) mass is 377 g/mol. The molecule has 0 heterocycles. The molecule has 0 aromatic heterocycles. The van der Waals surface area contributed by atoms with Crippen LogP contribution in [0.3, 0.4) is 0 Å². The van der Waals surface area contributed by atoms with E-state index in [-0.39, 0.29) is 12.0 Å². The van der Waals surface area contributed by atoms with Gasteiger partial charge in [-0.15, -0.1) is 0 Å². The number of nitrogens with one attached hydrogen (secondary N) is 1. The van der Waals surface area contributed by atoms with Gasteiger partial charge in [0.05, 0.1) is 6.10 Å². The minimum atomic E-state index is -0.0680. The van der Waals surface area contributed by atoms with Gasteiger partial charge >= 0.3 is 0 Å². The van der Waals surface area contributed by atoms with Crippen molar-refractivity contribution in [1.82, 2.24) is 5.32 Å². The third kappa shape index (κ3) is 5.98. The Bertz CT molecular complexity index is 388. The molecule has 0 fully saturated rings. The number of carbonyl (C=O) groups is 1. The SMILES string of the molecule is CC(C)OCCCNC(=O)c1cc(Br)cc(Br)c1. The zero-order chi connectivity index (χ0) is 13.5. The van der Waals surface area contributed by atoms with E-state index in [2.05, 4.69) is 37.2 Å². The second-order valence-electron chi connectivity index (χ2n) is 4.19. The quantitative estimate of drug-likeness (QED) is 0.765. The topological polar surface area (TPSA) is 38.3 Å². The van der Waals surface area contributed by atoms with E-state index in [0.717, 1.165) is 15.4 Å². The first kappa shape index (κ1) is 15.7. The lowest BCUT2D eigenvalue weighted by atomic mass is 10.2. The van der Waals surface area contributed by atoms with Crippen molar-refractivity contribution in [3.05, 3.63) is 32.7 Å². The number of benzene rings is 1. The molecular weight excluding hydrogens is 362 g/mol. The fraction of sp³-hybridized carbons (Fsp3) is 0.462. The molecule has 1 aromatic rings. The molecule has 5 heteroatoms. The molecule has 1 amide bonds. The minimum absolute atomic E-state index is 0.0680. The van der Waals surface area contributed by atoms with Gasteiger partial charge in [0, 0.05) is 27.7 Å². The first-order chi connectivity index (χ1) is 8.49. The molecule has 1 rings (SSSR count). The zero-order valence-corrected chi connectivity index (χ0v) is 13.7. The Morgan fingerprint density at radius 3 is 2.44 bits per heavy atom. The van der Waals surface area contributed by atoms with Crippen LogP contribution in [-0.4, -0.2) is 25.2 Å². The summed E-state index contributed by atoms with van der Waals surface area (Å²) in [6.45, 7) is 5.28. The second-order valence-corrected chi connectivity index (χ2v) is 6.02. The van der Waals surface area contributed by atoms with Crippen LogP contribution >= 0.6 is 31.9 Å². The maximum Gasteiger partial charge on any atom is 0.251 e. The van der Waals surface area contributed by atoms with Gasteiger partial charge in [0.2, 0.25) is 0 Å². The van der Waals surface area contributed by atoms with E-state index in [4.69, 9.17) is 4.74 Å². The molecule has 0 aliphatic carbocycles. The van der Waals surface area contributed by atoms with Crippen molar-refractivity contribution in [1.29, 1.82) is 0 Å². The highest BCUT2D eigenvalue weighted by atomic mass is 79.9. The van der Waals surface area contributed by atoms with E-state index in [1.807, 2.05) is 19.9 Å². The minimum Gasteiger partial charge on any atom is -0.379 e. The van der Waals surface area contributed by atoms with Crippen LogP contribution in [-0.2, 0) is 4.74 Å². The highest BCUT2D eigenvalue weighted by Gasteiger charge is 2.06. The Morgan fingerprint density at radius 1 is 1.28 bits per heavy atom. The van der Waals surface area contributed by atoms with Gasteiger partial charge in [-0.2, -0.15) is 0 Å². The van der Waals surface area contributed by atoms with E-state index in [1.165, 1.54) is 0 Å². The lowest BCUT2D eigenvalue weighted by molar-refractivity contribution is 0.0757. The number of hydrogen-bond acceptors (Lipinski definition) is 2. The molecular formula is C13H17Br2NO2. The molecule has 18 heavy (non-hydrogen) atoms. The molecule has 0 aliphatic rings. The van der Waals surface area contributed by atoms with Crippen LogP contribution < -0.4 is 5.32 Å². The average molecular weight is 379 g/mol. The van der Waals surface area contributed by atoms with Crippen molar-refractivity contribution >= 4 is 37.8 Å². The normalized spacial score (nSPS) is 10.7. The molecule has 0 atom stereocenters. The van der Waals surface area contributed by atoms with Crippen molar-refractivity contribution in [2.45, 2.75) is 26.4 Å². The summed E-state index contributed by atoms with van der Waals surface area (Å²) in [6.07, 6.45) is 1.06. The Balaban J connectivity index is 2.36. The smallest absolute Gasteiger partial charge is 0.251 e. The number of hydrogen-bond donors (Lipinski definition) is 1. The van der Waals surface area contributed by atoms with Crippen LogP contribution in [0.25, 0.3) is 0 Å². The summed E-state index contributed by atoms with van der Waals surface area (Å²) < 4.78 is 7.16. The van der Waals surface area contributed by atoms with Crippen LogP contribution in [0.2, 0.25) is 0 Å². The molecule has 1 aromatic carbocycles. The first-order valence-electron chi connectivity index (χ1n) is 5.85. The largest absolute Gasteiger partial charge is 0.379 e. The summed E-state index contributed by atoms with van der Waals surface area (Å²) in [5, 5.41) is 2.87. The molecule has 0 bridgehead atoms. The van der Waals surface area contributed by atoms with Crippen molar-refractivity contribution in [2.24, 2.45) is 0 Å². The van der Waals surface area contributed by atoms with E-state index in [1.54, 1.807) is 12.1 Å². The molecule has 3 nitrogen and oxygen atoms in total. The van der Waals surface area contributed by atoms with Crippen molar-refractivity contribution < 1.29 is 9.53 Å². The fourth-order valence-corrected chi connectivity index (χ4v) is 2.67. The fourth-order valence-electron chi connectivity index (χ4n) is 1.38. The standard InChI is InChI=1S/C13H17Br2NO2/c1-9(2)18-5-3-4-16-13(17)10-6-11(14)8-12(15)7-10/h6-9H,3-5H2,1-2H3,(H,16,17). The Labute approximate surface area is 125 Å². The van der Waals surface area contributed by atoms with Gasteiger partial charge in [0.25, 0.3) is 5.91 Å². The van der Waals surface area contributed by atoms with Crippen LogP contribution in [0.5, 0.6) is 0 Å². The molecule has 0 aliphatic heterocycles. The molecule has 0 saturated heterocycles. The van der Waals surface area contributed by atoms with Crippen LogP contribution in [0.15, 0.2) is 27.1 Å². The zero-order valence-electron chi connectivity index (χ0n) is 10.5. The average Bonchev–Trinajstić information content (AvgIpc) is 2.26. The number of amides is 1. The van der Waals surface area contributed by atoms with E-state index < -0.39 is 0 Å². The summed E-state index contributed by atoms with van der Waals surface area (Å²) in [4.78, 5) is 11.9. The van der Waals surface area contributed by atoms with Crippen molar-refractivity contribution in [3.63, 3.8) is 0 Å². The van der Waals surface area contributed by atoms with Crippen LogP contribution in [0, 0.1) is 0 Å². The van der Waals surface area contributed by atoms with Gasteiger partial charge in [-0.3, -0.25) is 4.79 Å². The van der Waals surface area contributed by atoms with Gasteiger partial charge in [0.15, 0.2) is 0 Å². The lowest BCUT2D eigenvalue weighted by Gasteiger charge is -2.08. The van der Waals surface area contributed by atoms with Crippen LogP contribution in [0.4, 0.5) is 0 Å². The Kier molecular flexibility index (Phi) is 6.89. The highest BCUT2D eigenvalue weighted by Crippen LogP contribution is 2.19. The lowest BCUT2D eigenvalue weighted by Crippen LogP contribution is -2.25. The predicted octanol–water partition coefficient (Wildman–Crippen LogP) is 3.76. The van der Waals surface area contributed by atoms with Crippen molar-refractivity contribution in [3.8, 4) is 0 Å². The Morgan fingerprint density at radius 2 is 1.89 bits per heavy atom. The molecule has 0 saturated carbocycles. The van der Waals surface area contributed by atoms with Gasteiger partial charge in [-0.1, -0.05) is 31.9 Å². The summed E-state index contributed by atoms with van der Waals surface area (Å²) in [5.41, 5.74) is 0.640. The van der Waals surface area contributed by atoms with Gasteiger partial charge < -0.3 is 10.1 Å². The van der Waals surface area contributed by atoms with Gasteiger partial charge in [-0.25, -0.2) is 0 Å². The molecule has 0 unspecified atom stereocenters. The predicted molar refractivity (Wildman–Crippen MR) is 79.9 cm³/mol. The van der Waals surface area contributed by atoms with E-state index >= 15 is 0 Å². The van der Waals surface area contributed by atoms with E-state index in [9.17, 15) is 4.79 Å². The maximum atomic E-state index is 11.9. The molecule has 0 radical (unpaired) electrons. The number of rotatable bonds is 6. The molecule has 1 N–H and O–H groups in total. The van der Waals surface area contributed by atoms with Crippen molar-refractivity contribution in [2.75, 3.05) is 13.2 Å². The summed E-state index contributed by atoms with van der Waals surface area (Å²) >= 11 is 6.72. The molecule has 100 valence electrons. The number of carbonyl (C=O) groups excluding carboxylic acids is 1. The Hall–Kier alpha value is -0.390. The second kappa shape index (κ2) is 7.92. The first-order valence-corrected chi connectivity index (χ1v) is 7.43. The van der Waals surface area contributed by atoms with Crippen LogP contribution in [0.1, 0.15) is 30.6 Å². The van der Waals surface area contributed by atoms with Gasteiger partial charge in [0.1, 0.15) is 0 Å². The summed E-state index contributed by atoms with van der Waals surface area (Å²) in [6, 6.07) is 5.49. The summed E-state index contributed by atoms with van der Waals surface area (Å²) in [7, 11) is 0. The number of halogens is 2. The number of ether oxygens (including phenoxy) is 1. The van der Waals surface area contributed by atoms with Gasteiger partial charge in [-0.05, 0) is 38.5 Å².